The van der Waals surface area contributed by atoms with Gasteiger partial charge in [0.25, 0.3) is 0 Å². The first-order chi connectivity index (χ1) is 7.15. The summed E-state index contributed by atoms with van der Waals surface area (Å²) in [5.74, 6) is 0.0603. The first-order valence-corrected chi connectivity index (χ1v) is 5.30. The molecule has 1 aliphatic rings. The molecule has 80 valence electrons. The molecule has 4 heteroatoms. The van der Waals surface area contributed by atoms with Crippen molar-refractivity contribution in [1.82, 2.24) is 4.90 Å². The van der Waals surface area contributed by atoms with Crippen LogP contribution in [-0.4, -0.2) is 24.4 Å². The zero-order valence-electron chi connectivity index (χ0n) is 8.59. The number of carbonyl (C=O) groups excluding carboxylic acids is 1. The second kappa shape index (κ2) is 4.21. The highest BCUT2D eigenvalue weighted by molar-refractivity contribution is 6.30. The molecule has 0 bridgehead atoms. The van der Waals surface area contributed by atoms with Gasteiger partial charge in [-0.3, -0.25) is 4.79 Å². The zero-order valence-corrected chi connectivity index (χ0v) is 9.34. The maximum atomic E-state index is 11.5. The summed E-state index contributed by atoms with van der Waals surface area (Å²) in [6.45, 7) is 1.59. The smallest absolute Gasteiger partial charge is 0.225 e. The number of hydrogen-bond acceptors (Lipinski definition) is 2. The zero-order chi connectivity index (χ0) is 10.8. The average Bonchev–Trinajstić information content (AvgIpc) is 2.17. The highest BCUT2D eigenvalue weighted by Gasteiger charge is 2.14. The van der Waals surface area contributed by atoms with E-state index < -0.39 is 0 Å². The highest BCUT2D eigenvalue weighted by atomic mass is 35.5. The van der Waals surface area contributed by atoms with Gasteiger partial charge < -0.3 is 10.2 Å². The van der Waals surface area contributed by atoms with Crippen molar-refractivity contribution in [2.45, 2.75) is 13.0 Å². The molecule has 0 atom stereocenters. The lowest BCUT2D eigenvalue weighted by molar-refractivity contribution is -0.116. The fourth-order valence-electron chi connectivity index (χ4n) is 1.69. The van der Waals surface area contributed by atoms with E-state index in [1.165, 1.54) is 0 Å². The Morgan fingerprint density at radius 3 is 3.07 bits per heavy atom. The summed E-state index contributed by atoms with van der Waals surface area (Å²) >= 11 is 5.92. The van der Waals surface area contributed by atoms with Crippen LogP contribution in [0, 0.1) is 0 Å². The number of fused-ring (bicyclic) bond motifs is 1. The quantitative estimate of drug-likeness (QED) is 0.732. The third-order valence-electron chi connectivity index (χ3n) is 2.50. The van der Waals surface area contributed by atoms with Gasteiger partial charge in [-0.25, -0.2) is 0 Å². The van der Waals surface area contributed by atoms with E-state index in [2.05, 4.69) is 10.2 Å². The molecular formula is C11H13ClN2O. The molecule has 0 unspecified atom stereocenters. The van der Waals surface area contributed by atoms with Crippen molar-refractivity contribution in [2.24, 2.45) is 0 Å². The van der Waals surface area contributed by atoms with E-state index >= 15 is 0 Å². The fourth-order valence-corrected chi connectivity index (χ4v) is 1.88. The molecule has 15 heavy (non-hydrogen) atoms. The summed E-state index contributed by atoms with van der Waals surface area (Å²) in [7, 11) is 2.00. The molecule has 1 N–H and O–H groups in total. The molecule has 1 aromatic rings. The minimum Gasteiger partial charge on any atom is -0.326 e. The maximum absolute atomic E-state index is 11.5. The van der Waals surface area contributed by atoms with Gasteiger partial charge >= 0.3 is 0 Å². The Morgan fingerprint density at radius 1 is 1.47 bits per heavy atom. The van der Waals surface area contributed by atoms with Crippen LogP contribution in [0.3, 0.4) is 0 Å². The topological polar surface area (TPSA) is 32.3 Å². The molecule has 0 spiro atoms. The van der Waals surface area contributed by atoms with Crippen molar-refractivity contribution in [2.75, 3.05) is 18.9 Å². The lowest BCUT2D eigenvalue weighted by Crippen LogP contribution is -2.27. The van der Waals surface area contributed by atoms with Crippen molar-refractivity contribution >= 4 is 23.2 Å². The third kappa shape index (κ3) is 2.49. The van der Waals surface area contributed by atoms with Crippen molar-refractivity contribution in [3.63, 3.8) is 0 Å². The number of hydrogen-bond donors (Lipinski definition) is 1. The van der Waals surface area contributed by atoms with Crippen LogP contribution in [0.5, 0.6) is 0 Å². The number of anilines is 1. The molecule has 0 radical (unpaired) electrons. The van der Waals surface area contributed by atoms with E-state index in [1.807, 2.05) is 19.2 Å². The first kappa shape index (κ1) is 10.5. The predicted octanol–water partition coefficient (Wildman–Crippen LogP) is 2.11. The molecule has 1 heterocycles. The average molecular weight is 225 g/mol. The van der Waals surface area contributed by atoms with Gasteiger partial charge in [0.2, 0.25) is 5.91 Å². The molecule has 0 fully saturated rings. The van der Waals surface area contributed by atoms with Crippen LogP contribution in [0.15, 0.2) is 18.2 Å². The van der Waals surface area contributed by atoms with Crippen LogP contribution < -0.4 is 5.32 Å². The van der Waals surface area contributed by atoms with Crippen LogP contribution >= 0.6 is 11.6 Å². The van der Waals surface area contributed by atoms with Crippen molar-refractivity contribution in [3.05, 3.63) is 28.8 Å². The van der Waals surface area contributed by atoms with Gasteiger partial charge in [0.15, 0.2) is 0 Å². The van der Waals surface area contributed by atoms with Crippen LogP contribution in [-0.2, 0) is 11.3 Å². The number of amides is 1. The van der Waals surface area contributed by atoms with E-state index in [9.17, 15) is 4.79 Å². The van der Waals surface area contributed by atoms with E-state index in [4.69, 9.17) is 11.6 Å². The minimum absolute atomic E-state index is 0.0603. The lowest BCUT2D eigenvalue weighted by atomic mass is 10.1. The van der Waals surface area contributed by atoms with Crippen molar-refractivity contribution in [1.29, 1.82) is 0 Å². The first-order valence-electron chi connectivity index (χ1n) is 4.92. The number of benzene rings is 1. The largest absolute Gasteiger partial charge is 0.326 e. The summed E-state index contributed by atoms with van der Waals surface area (Å²) < 4.78 is 0. The molecule has 0 aromatic heterocycles. The molecule has 1 amide bonds. The molecule has 1 aliphatic heterocycles. The van der Waals surface area contributed by atoms with E-state index in [0.717, 1.165) is 24.3 Å². The maximum Gasteiger partial charge on any atom is 0.225 e. The summed E-state index contributed by atoms with van der Waals surface area (Å²) in [4.78, 5) is 13.6. The second-order valence-electron chi connectivity index (χ2n) is 3.84. The van der Waals surface area contributed by atoms with Gasteiger partial charge in [0.05, 0.1) is 0 Å². The van der Waals surface area contributed by atoms with Gasteiger partial charge in [-0.15, -0.1) is 0 Å². The van der Waals surface area contributed by atoms with Gasteiger partial charge in [-0.1, -0.05) is 11.6 Å². The number of nitrogens with one attached hydrogen (secondary N) is 1. The van der Waals surface area contributed by atoms with Crippen molar-refractivity contribution in [3.8, 4) is 0 Å². The van der Waals surface area contributed by atoms with Crippen LogP contribution in [0.4, 0.5) is 5.69 Å². The normalized spacial score (nSPS) is 17.6. The molecule has 2 rings (SSSR count). The Balaban J connectivity index is 2.36. The summed E-state index contributed by atoms with van der Waals surface area (Å²) in [6, 6.07) is 5.55. The molecular weight excluding hydrogens is 212 g/mol. The number of nitrogens with zero attached hydrogens (tertiary/aromatic N) is 1. The van der Waals surface area contributed by atoms with Gasteiger partial charge in [0, 0.05) is 30.2 Å². The Kier molecular flexibility index (Phi) is 2.93. The van der Waals surface area contributed by atoms with Gasteiger partial charge in [-0.2, -0.15) is 0 Å². The van der Waals surface area contributed by atoms with Crippen molar-refractivity contribution < 1.29 is 4.79 Å². The lowest BCUT2D eigenvalue weighted by Gasteiger charge is -2.22. The van der Waals surface area contributed by atoms with Crippen LogP contribution in [0.25, 0.3) is 0 Å². The third-order valence-corrected chi connectivity index (χ3v) is 2.74. The predicted molar refractivity (Wildman–Crippen MR) is 61.0 cm³/mol. The summed E-state index contributed by atoms with van der Waals surface area (Å²) in [5.41, 5.74) is 1.94. The Labute approximate surface area is 94.0 Å². The standard InChI is InChI=1S/C11H13ClN2O/c1-14-5-4-11(15)13-10-3-2-9(12)6-8(10)7-14/h2-3,6H,4-5,7H2,1H3,(H,13,15). The minimum atomic E-state index is 0.0603. The molecule has 0 aliphatic carbocycles. The van der Waals surface area contributed by atoms with Gasteiger partial charge in [0.1, 0.15) is 0 Å². The second-order valence-corrected chi connectivity index (χ2v) is 4.27. The van der Waals surface area contributed by atoms with E-state index in [0.29, 0.717) is 11.4 Å². The van der Waals surface area contributed by atoms with E-state index in [-0.39, 0.29) is 5.91 Å². The number of halogens is 1. The monoisotopic (exact) mass is 224 g/mol. The number of carbonyl (C=O) groups is 1. The Hall–Kier alpha value is -1.06. The summed E-state index contributed by atoms with van der Waals surface area (Å²) in [5, 5.41) is 3.59. The molecule has 3 nitrogen and oxygen atoms in total. The fraction of sp³-hybridized carbons (Fsp3) is 0.364. The molecule has 0 saturated carbocycles. The highest BCUT2D eigenvalue weighted by Crippen LogP contribution is 2.23. The van der Waals surface area contributed by atoms with Crippen LogP contribution in [0.1, 0.15) is 12.0 Å². The molecule has 0 saturated heterocycles. The number of rotatable bonds is 0. The Bertz CT molecular complexity index is 392. The van der Waals surface area contributed by atoms with Crippen LogP contribution in [0.2, 0.25) is 5.02 Å². The summed E-state index contributed by atoms with van der Waals surface area (Å²) in [6.07, 6.45) is 0.540. The SMILES string of the molecule is CN1CCC(=O)Nc2ccc(Cl)cc2C1. The van der Waals surface area contributed by atoms with Gasteiger partial charge in [-0.05, 0) is 30.8 Å². The Morgan fingerprint density at radius 2 is 2.27 bits per heavy atom. The molecule has 1 aromatic carbocycles. The van der Waals surface area contributed by atoms with E-state index in [1.54, 1.807) is 6.07 Å².